The first kappa shape index (κ1) is 15.7. The summed E-state index contributed by atoms with van der Waals surface area (Å²) in [4.78, 5) is 12.9. The number of carbonyl (C=O) groups is 1. The second kappa shape index (κ2) is 9.53. The first-order chi connectivity index (χ1) is 9.20. The van der Waals surface area contributed by atoms with E-state index in [9.17, 15) is 4.79 Å². The Bertz CT molecular complexity index is 352. The second-order valence-corrected chi connectivity index (χ2v) is 4.67. The van der Waals surface area contributed by atoms with Gasteiger partial charge in [-0.05, 0) is 18.5 Å². The quantitative estimate of drug-likeness (QED) is 0.690. The summed E-state index contributed by atoms with van der Waals surface area (Å²) >= 11 is 0. The Balaban J connectivity index is 1.90. The van der Waals surface area contributed by atoms with E-state index in [2.05, 4.69) is 17.4 Å². The van der Waals surface area contributed by atoms with Gasteiger partial charge in [0.2, 0.25) is 5.91 Å². The lowest BCUT2D eigenvalue weighted by atomic mass is 10.2. The van der Waals surface area contributed by atoms with Crippen molar-refractivity contribution >= 4 is 5.91 Å². The Morgan fingerprint density at radius 1 is 1.21 bits per heavy atom. The molecule has 0 aliphatic carbocycles. The number of nitrogens with zero attached hydrogens (tertiary/aromatic N) is 1. The molecule has 106 valence electrons. The fraction of sp³-hybridized carbons (Fsp3) is 0.533. The van der Waals surface area contributed by atoms with Crippen molar-refractivity contribution in [3.63, 3.8) is 0 Å². The van der Waals surface area contributed by atoms with E-state index in [4.69, 9.17) is 4.74 Å². The molecule has 0 unspecified atom stereocenters. The van der Waals surface area contributed by atoms with E-state index < -0.39 is 0 Å². The molecule has 0 heterocycles. The van der Waals surface area contributed by atoms with Gasteiger partial charge >= 0.3 is 0 Å². The standard InChI is InChI=1S/C15H24N2O2/c1-17(2)15(18)9-12-19-11-6-10-16-13-14-7-4-3-5-8-14/h3-5,7-8,16H,6,9-13H2,1-2H3. The van der Waals surface area contributed by atoms with Crippen molar-refractivity contribution in [2.24, 2.45) is 0 Å². The number of hydrogen-bond acceptors (Lipinski definition) is 3. The average molecular weight is 264 g/mol. The van der Waals surface area contributed by atoms with Gasteiger partial charge in [-0.15, -0.1) is 0 Å². The zero-order valence-electron chi connectivity index (χ0n) is 11.9. The first-order valence-electron chi connectivity index (χ1n) is 6.72. The predicted molar refractivity (Wildman–Crippen MR) is 76.9 cm³/mol. The summed E-state index contributed by atoms with van der Waals surface area (Å²) in [7, 11) is 3.52. The van der Waals surface area contributed by atoms with Crippen molar-refractivity contribution in [3.05, 3.63) is 35.9 Å². The zero-order chi connectivity index (χ0) is 13.9. The molecular weight excluding hydrogens is 240 g/mol. The lowest BCUT2D eigenvalue weighted by Gasteiger charge is -2.10. The summed E-state index contributed by atoms with van der Waals surface area (Å²) < 4.78 is 5.42. The molecule has 19 heavy (non-hydrogen) atoms. The molecule has 0 atom stereocenters. The van der Waals surface area contributed by atoms with Crippen LogP contribution in [0.15, 0.2) is 30.3 Å². The first-order valence-corrected chi connectivity index (χ1v) is 6.72. The maximum atomic E-state index is 11.3. The minimum absolute atomic E-state index is 0.113. The fourth-order valence-electron chi connectivity index (χ4n) is 1.61. The SMILES string of the molecule is CN(C)C(=O)CCOCCCNCc1ccccc1. The Hall–Kier alpha value is -1.39. The van der Waals surface area contributed by atoms with E-state index in [1.165, 1.54) is 5.56 Å². The molecule has 1 aromatic rings. The van der Waals surface area contributed by atoms with E-state index in [1.807, 2.05) is 18.2 Å². The van der Waals surface area contributed by atoms with Gasteiger partial charge in [0.05, 0.1) is 13.0 Å². The van der Waals surface area contributed by atoms with Crippen molar-refractivity contribution in [1.82, 2.24) is 10.2 Å². The molecular formula is C15H24N2O2. The second-order valence-electron chi connectivity index (χ2n) is 4.67. The fourth-order valence-corrected chi connectivity index (χ4v) is 1.61. The van der Waals surface area contributed by atoms with Crippen molar-refractivity contribution < 1.29 is 9.53 Å². The van der Waals surface area contributed by atoms with Gasteiger partial charge in [-0.2, -0.15) is 0 Å². The molecule has 0 aliphatic rings. The molecule has 0 fully saturated rings. The molecule has 0 bridgehead atoms. The van der Waals surface area contributed by atoms with Crippen LogP contribution in [-0.2, 0) is 16.1 Å². The minimum Gasteiger partial charge on any atom is -0.381 e. The molecule has 0 spiro atoms. The van der Waals surface area contributed by atoms with Crippen LogP contribution in [-0.4, -0.2) is 44.7 Å². The van der Waals surface area contributed by atoms with Crippen LogP contribution >= 0.6 is 0 Å². The Labute approximate surface area is 115 Å². The van der Waals surface area contributed by atoms with Gasteiger partial charge < -0.3 is 15.0 Å². The molecule has 0 saturated carbocycles. The molecule has 0 aromatic heterocycles. The monoisotopic (exact) mass is 264 g/mol. The van der Waals surface area contributed by atoms with E-state index in [0.29, 0.717) is 19.6 Å². The molecule has 1 aromatic carbocycles. The summed E-state index contributed by atoms with van der Waals surface area (Å²) in [6.45, 7) is 3.02. The van der Waals surface area contributed by atoms with Crippen LogP contribution in [0, 0.1) is 0 Å². The predicted octanol–water partition coefficient (Wildman–Crippen LogP) is 1.66. The third-order valence-corrected chi connectivity index (χ3v) is 2.77. The number of hydrogen-bond donors (Lipinski definition) is 1. The Morgan fingerprint density at radius 2 is 1.95 bits per heavy atom. The van der Waals surface area contributed by atoms with Gasteiger partial charge in [0.1, 0.15) is 0 Å². The molecule has 0 saturated heterocycles. The highest BCUT2D eigenvalue weighted by Gasteiger charge is 2.02. The summed E-state index contributed by atoms with van der Waals surface area (Å²) in [5.74, 6) is 0.113. The van der Waals surface area contributed by atoms with Crippen molar-refractivity contribution in [1.29, 1.82) is 0 Å². The lowest BCUT2D eigenvalue weighted by Crippen LogP contribution is -2.23. The maximum Gasteiger partial charge on any atom is 0.224 e. The smallest absolute Gasteiger partial charge is 0.224 e. The van der Waals surface area contributed by atoms with Gasteiger partial charge in [0.25, 0.3) is 0 Å². The number of benzene rings is 1. The van der Waals surface area contributed by atoms with Gasteiger partial charge in [-0.1, -0.05) is 30.3 Å². The molecule has 1 N–H and O–H groups in total. The molecule has 1 rings (SSSR count). The largest absolute Gasteiger partial charge is 0.381 e. The summed E-state index contributed by atoms with van der Waals surface area (Å²) in [6, 6.07) is 10.3. The van der Waals surface area contributed by atoms with Crippen LogP contribution in [0.5, 0.6) is 0 Å². The average Bonchev–Trinajstić information content (AvgIpc) is 2.42. The Kier molecular flexibility index (Phi) is 7.86. The third-order valence-electron chi connectivity index (χ3n) is 2.77. The maximum absolute atomic E-state index is 11.3. The van der Waals surface area contributed by atoms with Gasteiger partial charge in [0.15, 0.2) is 0 Å². The van der Waals surface area contributed by atoms with Crippen LogP contribution in [0.2, 0.25) is 0 Å². The van der Waals surface area contributed by atoms with Crippen molar-refractivity contribution in [3.8, 4) is 0 Å². The molecule has 1 amide bonds. The van der Waals surface area contributed by atoms with Crippen molar-refractivity contribution in [2.45, 2.75) is 19.4 Å². The van der Waals surface area contributed by atoms with E-state index in [0.717, 1.165) is 19.5 Å². The van der Waals surface area contributed by atoms with Crippen LogP contribution < -0.4 is 5.32 Å². The van der Waals surface area contributed by atoms with Crippen LogP contribution in [0.4, 0.5) is 0 Å². The van der Waals surface area contributed by atoms with Crippen LogP contribution in [0.25, 0.3) is 0 Å². The van der Waals surface area contributed by atoms with Gasteiger partial charge in [-0.3, -0.25) is 4.79 Å². The summed E-state index contributed by atoms with van der Waals surface area (Å²) in [5, 5.41) is 3.36. The summed E-state index contributed by atoms with van der Waals surface area (Å²) in [6.07, 6.45) is 1.42. The van der Waals surface area contributed by atoms with E-state index in [-0.39, 0.29) is 5.91 Å². The number of nitrogens with one attached hydrogen (secondary N) is 1. The van der Waals surface area contributed by atoms with E-state index >= 15 is 0 Å². The number of rotatable bonds is 9. The molecule has 4 nitrogen and oxygen atoms in total. The molecule has 0 aliphatic heterocycles. The lowest BCUT2D eigenvalue weighted by molar-refractivity contribution is -0.129. The number of amides is 1. The van der Waals surface area contributed by atoms with Gasteiger partial charge in [-0.25, -0.2) is 0 Å². The minimum atomic E-state index is 0.113. The third kappa shape index (κ3) is 7.59. The molecule has 4 heteroatoms. The highest BCUT2D eigenvalue weighted by molar-refractivity contribution is 5.75. The topological polar surface area (TPSA) is 41.6 Å². The van der Waals surface area contributed by atoms with Crippen molar-refractivity contribution in [2.75, 3.05) is 33.9 Å². The number of ether oxygens (including phenoxy) is 1. The normalized spacial score (nSPS) is 10.4. The molecule has 0 radical (unpaired) electrons. The zero-order valence-corrected chi connectivity index (χ0v) is 11.9. The summed E-state index contributed by atoms with van der Waals surface area (Å²) in [5.41, 5.74) is 1.29. The highest BCUT2D eigenvalue weighted by atomic mass is 16.5. The highest BCUT2D eigenvalue weighted by Crippen LogP contribution is 1.97. The van der Waals surface area contributed by atoms with Crippen LogP contribution in [0.3, 0.4) is 0 Å². The Morgan fingerprint density at radius 3 is 2.63 bits per heavy atom. The van der Waals surface area contributed by atoms with Gasteiger partial charge in [0, 0.05) is 27.2 Å². The van der Waals surface area contributed by atoms with Crippen LogP contribution in [0.1, 0.15) is 18.4 Å². The van der Waals surface area contributed by atoms with E-state index in [1.54, 1.807) is 19.0 Å². The number of carbonyl (C=O) groups excluding carboxylic acids is 1.